The van der Waals surface area contributed by atoms with Crippen LogP contribution in [0.25, 0.3) is 10.9 Å². The van der Waals surface area contributed by atoms with Gasteiger partial charge in [0.2, 0.25) is 0 Å². The van der Waals surface area contributed by atoms with E-state index >= 15 is 0 Å². The molecule has 0 unspecified atom stereocenters. The molecule has 19 heavy (non-hydrogen) atoms. The van der Waals surface area contributed by atoms with Crippen LogP contribution in [0.5, 0.6) is 0 Å². The van der Waals surface area contributed by atoms with E-state index in [2.05, 4.69) is 16.8 Å². The SMILES string of the molecule is C=CCCCN(C)C(=O)c1n[nH]c2ccc(N)cc12. The highest BCUT2D eigenvalue weighted by atomic mass is 16.2. The fourth-order valence-electron chi connectivity index (χ4n) is 1.95. The second kappa shape index (κ2) is 5.56. The third kappa shape index (κ3) is 2.76. The lowest BCUT2D eigenvalue weighted by Crippen LogP contribution is -2.28. The second-order valence-corrected chi connectivity index (χ2v) is 4.53. The van der Waals surface area contributed by atoms with E-state index in [0.717, 1.165) is 23.7 Å². The number of amides is 1. The molecule has 0 aliphatic rings. The summed E-state index contributed by atoms with van der Waals surface area (Å²) in [6, 6.07) is 5.37. The number of rotatable bonds is 5. The molecule has 2 rings (SSSR count). The van der Waals surface area contributed by atoms with Gasteiger partial charge in [-0.2, -0.15) is 5.10 Å². The zero-order valence-corrected chi connectivity index (χ0v) is 11.0. The van der Waals surface area contributed by atoms with E-state index < -0.39 is 0 Å². The molecule has 1 heterocycles. The summed E-state index contributed by atoms with van der Waals surface area (Å²) >= 11 is 0. The Hall–Kier alpha value is -2.30. The van der Waals surface area contributed by atoms with Crippen molar-refractivity contribution in [3.8, 4) is 0 Å². The summed E-state index contributed by atoms with van der Waals surface area (Å²) in [5.74, 6) is -0.0964. The van der Waals surface area contributed by atoms with Crippen LogP contribution >= 0.6 is 0 Å². The lowest BCUT2D eigenvalue weighted by molar-refractivity contribution is 0.0790. The maximum absolute atomic E-state index is 12.3. The first-order chi connectivity index (χ1) is 9.13. The van der Waals surface area contributed by atoms with Gasteiger partial charge < -0.3 is 10.6 Å². The smallest absolute Gasteiger partial charge is 0.274 e. The highest BCUT2D eigenvalue weighted by Crippen LogP contribution is 2.20. The maximum atomic E-state index is 12.3. The van der Waals surface area contributed by atoms with E-state index in [9.17, 15) is 4.79 Å². The van der Waals surface area contributed by atoms with E-state index in [4.69, 9.17) is 5.73 Å². The Morgan fingerprint density at radius 3 is 3.11 bits per heavy atom. The lowest BCUT2D eigenvalue weighted by atomic mass is 10.1. The zero-order valence-electron chi connectivity index (χ0n) is 11.0. The first-order valence-electron chi connectivity index (χ1n) is 6.23. The molecule has 0 aliphatic heterocycles. The van der Waals surface area contributed by atoms with Gasteiger partial charge in [0.05, 0.1) is 5.52 Å². The average molecular weight is 258 g/mol. The molecule has 3 N–H and O–H groups in total. The van der Waals surface area contributed by atoms with Crippen molar-refractivity contribution in [3.63, 3.8) is 0 Å². The molecule has 2 aromatic rings. The van der Waals surface area contributed by atoms with Crippen LogP contribution in [0.1, 0.15) is 23.3 Å². The van der Waals surface area contributed by atoms with E-state index in [-0.39, 0.29) is 5.91 Å². The molecule has 0 atom stereocenters. The number of aromatic amines is 1. The van der Waals surface area contributed by atoms with Crippen molar-refractivity contribution in [1.29, 1.82) is 0 Å². The van der Waals surface area contributed by atoms with E-state index in [1.165, 1.54) is 0 Å². The number of unbranched alkanes of at least 4 members (excludes halogenated alkanes) is 1. The van der Waals surface area contributed by atoms with Gasteiger partial charge in [0.25, 0.3) is 5.91 Å². The highest BCUT2D eigenvalue weighted by molar-refractivity contribution is 6.05. The molecule has 0 fully saturated rings. The quantitative estimate of drug-likeness (QED) is 0.490. The molecule has 0 radical (unpaired) electrons. The number of nitrogens with zero attached hydrogens (tertiary/aromatic N) is 2. The van der Waals surface area contributed by atoms with Crippen LogP contribution in [0.4, 0.5) is 5.69 Å². The van der Waals surface area contributed by atoms with Crippen LogP contribution in [0.2, 0.25) is 0 Å². The van der Waals surface area contributed by atoms with Crippen LogP contribution in [0.15, 0.2) is 30.9 Å². The predicted octanol–water partition coefficient (Wildman–Crippen LogP) is 2.18. The summed E-state index contributed by atoms with van der Waals surface area (Å²) in [7, 11) is 1.78. The number of nitrogen functional groups attached to an aromatic ring is 1. The minimum absolute atomic E-state index is 0.0964. The van der Waals surface area contributed by atoms with Crippen LogP contribution < -0.4 is 5.73 Å². The number of aromatic nitrogens is 2. The molecule has 0 aliphatic carbocycles. The van der Waals surface area contributed by atoms with E-state index in [1.54, 1.807) is 24.1 Å². The van der Waals surface area contributed by atoms with Crippen LogP contribution in [0.3, 0.4) is 0 Å². The Morgan fingerprint density at radius 2 is 2.37 bits per heavy atom. The molecule has 0 spiro atoms. The van der Waals surface area contributed by atoms with Gasteiger partial charge in [-0.15, -0.1) is 6.58 Å². The molecule has 0 saturated heterocycles. The van der Waals surface area contributed by atoms with Crippen molar-refractivity contribution in [1.82, 2.24) is 15.1 Å². The molecular formula is C14H18N4O. The summed E-state index contributed by atoms with van der Waals surface area (Å²) in [4.78, 5) is 14.0. The van der Waals surface area contributed by atoms with Gasteiger partial charge in [-0.1, -0.05) is 6.08 Å². The second-order valence-electron chi connectivity index (χ2n) is 4.53. The summed E-state index contributed by atoms with van der Waals surface area (Å²) in [5.41, 5.74) is 7.61. The zero-order chi connectivity index (χ0) is 13.8. The fraction of sp³-hybridized carbons (Fsp3) is 0.286. The van der Waals surface area contributed by atoms with Crippen molar-refractivity contribution in [3.05, 3.63) is 36.5 Å². The van der Waals surface area contributed by atoms with Gasteiger partial charge in [0.15, 0.2) is 5.69 Å². The standard InChI is InChI=1S/C14H18N4O/c1-3-4-5-8-18(2)14(19)13-11-9-10(15)6-7-12(11)16-17-13/h3,6-7,9H,1,4-5,8,15H2,2H3,(H,16,17). The van der Waals surface area contributed by atoms with Crippen molar-refractivity contribution in [2.75, 3.05) is 19.3 Å². The number of hydrogen-bond donors (Lipinski definition) is 2. The number of H-pyrrole nitrogens is 1. The average Bonchev–Trinajstić information content (AvgIpc) is 2.80. The number of carbonyl (C=O) groups excluding carboxylic acids is 1. The Labute approximate surface area is 112 Å². The highest BCUT2D eigenvalue weighted by Gasteiger charge is 2.17. The molecular weight excluding hydrogens is 240 g/mol. The van der Waals surface area contributed by atoms with Gasteiger partial charge in [-0.25, -0.2) is 0 Å². The molecule has 0 saturated carbocycles. The first kappa shape index (κ1) is 13.1. The van der Waals surface area contributed by atoms with Crippen LogP contribution in [0, 0.1) is 0 Å². The molecule has 100 valence electrons. The number of fused-ring (bicyclic) bond motifs is 1. The number of allylic oxidation sites excluding steroid dienone is 1. The third-order valence-corrected chi connectivity index (χ3v) is 3.04. The molecule has 1 amide bonds. The molecule has 5 nitrogen and oxygen atoms in total. The Balaban J connectivity index is 2.21. The largest absolute Gasteiger partial charge is 0.399 e. The molecule has 0 bridgehead atoms. The summed E-state index contributed by atoms with van der Waals surface area (Å²) in [6.45, 7) is 4.35. The van der Waals surface area contributed by atoms with Crippen molar-refractivity contribution >= 4 is 22.5 Å². The van der Waals surface area contributed by atoms with E-state index in [0.29, 0.717) is 17.9 Å². The molecule has 1 aromatic carbocycles. The number of anilines is 1. The fourth-order valence-corrected chi connectivity index (χ4v) is 1.95. The van der Waals surface area contributed by atoms with Crippen LogP contribution in [-0.2, 0) is 0 Å². The van der Waals surface area contributed by atoms with E-state index in [1.807, 2.05) is 12.1 Å². The predicted molar refractivity (Wildman–Crippen MR) is 76.9 cm³/mol. The van der Waals surface area contributed by atoms with Gasteiger partial charge in [0, 0.05) is 24.7 Å². The van der Waals surface area contributed by atoms with Crippen LogP contribution in [-0.4, -0.2) is 34.6 Å². The van der Waals surface area contributed by atoms with Gasteiger partial charge >= 0.3 is 0 Å². The summed E-state index contributed by atoms with van der Waals surface area (Å²) < 4.78 is 0. The first-order valence-corrected chi connectivity index (χ1v) is 6.23. The van der Waals surface area contributed by atoms with Crippen molar-refractivity contribution < 1.29 is 4.79 Å². The number of nitrogens with one attached hydrogen (secondary N) is 1. The monoisotopic (exact) mass is 258 g/mol. The van der Waals surface area contributed by atoms with Crippen molar-refractivity contribution in [2.45, 2.75) is 12.8 Å². The summed E-state index contributed by atoms with van der Waals surface area (Å²) in [6.07, 6.45) is 3.64. The van der Waals surface area contributed by atoms with Gasteiger partial charge in [-0.3, -0.25) is 9.89 Å². The topological polar surface area (TPSA) is 75.0 Å². The number of benzene rings is 1. The number of carbonyl (C=O) groups is 1. The Morgan fingerprint density at radius 1 is 1.58 bits per heavy atom. The normalized spacial score (nSPS) is 10.6. The minimum atomic E-state index is -0.0964. The molecule has 5 heteroatoms. The summed E-state index contributed by atoms with van der Waals surface area (Å²) in [5, 5.41) is 7.71. The number of hydrogen-bond acceptors (Lipinski definition) is 3. The lowest BCUT2D eigenvalue weighted by Gasteiger charge is -2.15. The maximum Gasteiger partial charge on any atom is 0.274 e. The van der Waals surface area contributed by atoms with Gasteiger partial charge in [0.1, 0.15) is 0 Å². The number of nitrogens with two attached hydrogens (primary N) is 1. The van der Waals surface area contributed by atoms with Gasteiger partial charge in [-0.05, 0) is 31.0 Å². The molecule has 1 aromatic heterocycles. The Bertz CT molecular complexity index is 603. The Kier molecular flexibility index (Phi) is 3.85. The third-order valence-electron chi connectivity index (χ3n) is 3.04. The minimum Gasteiger partial charge on any atom is -0.399 e. The van der Waals surface area contributed by atoms with Crippen molar-refractivity contribution in [2.24, 2.45) is 0 Å².